The number of hydrogen-bond acceptors (Lipinski definition) is 6. The molecule has 2 aromatic rings. The first-order valence-corrected chi connectivity index (χ1v) is 10.4. The van der Waals surface area contributed by atoms with Crippen LogP contribution in [-0.4, -0.2) is 57.9 Å². The zero-order valence-electron chi connectivity index (χ0n) is 17.5. The number of carbonyl (C=O) groups is 1. The van der Waals surface area contributed by atoms with E-state index >= 15 is 0 Å². The average molecular weight is 399 g/mol. The summed E-state index contributed by atoms with van der Waals surface area (Å²) in [5.41, 5.74) is 0.772. The van der Waals surface area contributed by atoms with Crippen molar-refractivity contribution in [1.29, 1.82) is 0 Å². The third kappa shape index (κ3) is 3.68. The first kappa shape index (κ1) is 19.7. The summed E-state index contributed by atoms with van der Waals surface area (Å²) < 4.78 is 12.8. The monoisotopic (exact) mass is 399 g/mol. The molecule has 2 aromatic heterocycles. The number of likely N-dealkylation sites (tertiary alicyclic amines) is 1. The molecular formula is C21H29N5O3. The van der Waals surface area contributed by atoms with Crippen molar-refractivity contribution < 1.29 is 14.3 Å². The Bertz CT molecular complexity index is 886. The third-order valence-corrected chi connectivity index (χ3v) is 6.54. The van der Waals surface area contributed by atoms with Crippen molar-refractivity contribution in [2.75, 3.05) is 27.3 Å². The Morgan fingerprint density at radius 2 is 1.83 bits per heavy atom. The Hall–Kier alpha value is -2.64. The predicted molar refractivity (Wildman–Crippen MR) is 107 cm³/mol. The number of fused-ring (bicyclic) bond motifs is 1. The van der Waals surface area contributed by atoms with E-state index in [-0.39, 0.29) is 11.3 Å². The van der Waals surface area contributed by atoms with Gasteiger partial charge in [-0.15, -0.1) is 10.2 Å². The molecule has 0 aliphatic carbocycles. The Kier molecular flexibility index (Phi) is 5.43. The fourth-order valence-corrected chi connectivity index (χ4v) is 4.64. The number of ether oxygens (including phenoxy) is 2. The number of nitrogens with zero attached hydrogens (tertiary/aromatic N) is 5. The summed E-state index contributed by atoms with van der Waals surface area (Å²) in [7, 11) is 3.07. The lowest BCUT2D eigenvalue weighted by atomic mass is 9.72. The molecular weight excluding hydrogens is 370 g/mol. The zero-order chi connectivity index (χ0) is 20.4. The van der Waals surface area contributed by atoms with Crippen LogP contribution in [0.3, 0.4) is 0 Å². The molecule has 2 aliphatic rings. The van der Waals surface area contributed by atoms with Gasteiger partial charge in [-0.25, -0.2) is 0 Å². The van der Waals surface area contributed by atoms with E-state index in [9.17, 15) is 4.79 Å². The SMILES string of the molecule is CCc1nnc2n1CCC1(CC2)CCN(C(=O)c2ccc(OC)nc2OC)CC1. The number of rotatable bonds is 4. The second-order valence-corrected chi connectivity index (χ2v) is 7.99. The predicted octanol–water partition coefficient (Wildman–Crippen LogP) is 2.51. The van der Waals surface area contributed by atoms with Gasteiger partial charge < -0.3 is 18.9 Å². The van der Waals surface area contributed by atoms with Gasteiger partial charge in [-0.1, -0.05) is 6.92 Å². The number of aromatic nitrogens is 4. The normalized spacial score (nSPS) is 18.2. The van der Waals surface area contributed by atoms with Crippen LogP contribution < -0.4 is 9.47 Å². The van der Waals surface area contributed by atoms with Gasteiger partial charge in [0, 0.05) is 38.5 Å². The van der Waals surface area contributed by atoms with Gasteiger partial charge in [0.05, 0.1) is 14.2 Å². The van der Waals surface area contributed by atoms with Gasteiger partial charge in [-0.2, -0.15) is 4.98 Å². The molecule has 1 saturated heterocycles. The summed E-state index contributed by atoms with van der Waals surface area (Å²) in [5, 5.41) is 8.72. The lowest BCUT2D eigenvalue weighted by Crippen LogP contribution is -2.43. The van der Waals surface area contributed by atoms with E-state index in [0.717, 1.165) is 69.8 Å². The molecule has 2 aliphatic heterocycles. The number of carbonyl (C=O) groups excluding carboxylic acids is 1. The highest BCUT2D eigenvalue weighted by atomic mass is 16.5. The van der Waals surface area contributed by atoms with Gasteiger partial charge in [-0.05, 0) is 37.2 Å². The van der Waals surface area contributed by atoms with E-state index in [1.165, 1.54) is 7.11 Å². The van der Waals surface area contributed by atoms with Crippen molar-refractivity contribution >= 4 is 5.91 Å². The number of hydrogen-bond donors (Lipinski definition) is 0. The van der Waals surface area contributed by atoms with Crippen LogP contribution in [0.4, 0.5) is 0 Å². The van der Waals surface area contributed by atoms with Crippen molar-refractivity contribution in [1.82, 2.24) is 24.6 Å². The highest BCUT2D eigenvalue weighted by Crippen LogP contribution is 2.42. The van der Waals surface area contributed by atoms with Crippen LogP contribution in [0.2, 0.25) is 0 Å². The highest BCUT2D eigenvalue weighted by Gasteiger charge is 2.38. The van der Waals surface area contributed by atoms with Crippen molar-refractivity contribution in [3.63, 3.8) is 0 Å². The topological polar surface area (TPSA) is 82.4 Å². The average Bonchev–Trinajstić information content (AvgIpc) is 3.09. The lowest BCUT2D eigenvalue weighted by Gasteiger charge is -2.41. The first-order valence-electron chi connectivity index (χ1n) is 10.4. The summed E-state index contributed by atoms with van der Waals surface area (Å²) in [4.78, 5) is 19.3. The summed E-state index contributed by atoms with van der Waals surface area (Å²) in [6.07, 6.45) is 6.16. The van der Waals surface area contributed by atoms with E-state index in [1.54, 1.807) is 19.2 Å². The minimum absolute atomic E-state index is 0.0223. The molecule has 1 fully saturated rings. The molecule has 0 N–H and O–H groups in total. The van der Waals surface area contributed by atoms with Gasteiger partial charge in [0.25, 0.3) is 5.91 Å². The minimum atomic E-state index is -0.0223. The standard InChI is InChI=1S/C21H29N5O3/c1-4-16-23-24-17-7-8-21(11-14-26(16)17)9-12-25(13-10-21)20(27)15-5-6-18(28-2)22-19(15)29-3/h5-6H,4,7-14H2,1-3H3. The number of piperidine rings is 1. The van der Waals surface area contributed by atoms with E-state index in [0.29, 0.717) is 17.3 Å². The number of amides is 1. The van der Waals surface area contributed by atoms with Crippen LogP contribution >= 0.6 is 0 Å². The maximum Gasteiger partial charge on any atom is 0.259 e. The zero-order valence-corrected chi connectivity index (χ0v) is 17.5. The van der Waals surface area contributed by atoms with Gasteiger partial charge in [-0.3, -0.25) is 4.79 Å². The molecule has 0 atom stereocenters. The molecule has 0 aromatic carbocycles. The molecule has 8 heteroatoms. The fourth-order valence-electron chi connectivity index (χ4n) is 4.64. The first-order chi connectivity index (χ1) is 14.1. The lowest BCUT2D eigenvalue weighted by molar-refractivity contribution is 0.0532. The number of methoxy groups -OCH3 is 2. The van der Waals surface area contributed by atoms with Crippen LogP contribution in [0.15, 0.2) is 12.1 Å². The quantitative estimate of drug-likeness (QED) is 0.786. The highest BCUT2D eigenvalue weighted by molar-refractivity contribution is 5.96. The largest absolute Gasteiger partial charge is 0.481 e. The van der Waals surface area contributed by atoms with Crippen LogP contribution in [-0.2, 0) is 19.4 Å². The molecule has 8 nitrogen and oxygen atoms in total. The van der Waals surface area contributed by atoms with Crippen molar-refractivity contribution in [3.05, 3.63) is 29.3 Å². The Labute approximate surface area is 171 Å². The number of aryl methyl sites for hydroxylation is 2. The maximum atomic E-state index is 13.1. The molecule has 4 heterocycles. The van der Waals surface area contributed by atoms with Gasteiger partial charge in [0.15, 0.2) is 0 Å². The van der Waals surface area contributed by atoms with Crippen LogP contribution in [0, 0.1) is 5.41 Å². The Morgan fingerprint density at radius 3 is 2.52 bits per heavy atom. The molecule has 29 heavy (non-hydrogen) atoms. The summed E-state index contributed by atoms with van der Waals surface area (Å²) in [6, 6.07) is 3.44. The van der Waals surface area contributed by atoms with Crippen molar-refractivity contribution in [2.45, 2.75) is 52.0 Å². The van der Waals surface area contributed by atoms with Gasteiger partial charge in [0.1, 0.15) is 17.2 Å². The molecule has 1 spiro atoms. The number of pyridine rings is 1. The third-order valence-electron chi connectivity index (χ3n) is 6.54. The molecule has 4 rings (SSSR count). The van der Waals surface area contributed by atoms with Crippen molar-refractivity contribution in [3.8, 4) is 11.8 Å². The summed E-state index contributed by atoms with van der Waals surface area (Å²) in [6.45, 7) is 4.63. The molecule has 0 radical (unpaired) electrons. The van der Waals surface area contributed by atoms with Crippen molar-refractivity contribution in [2.24, 2.45) is 5.41 Å². The van der Waals surface area contributed by atoms with Gasteiger partial charge in [0.2, 0.25) is 11.8 Å². The van der Waals surface area contributed by atoms with E-state index in [4.69, 9.17) is 9.47 Å². The van der Waals surface area contributed by atoms with Crippen LogP contribution in [0.25, 0.3) is 0 Å². The molecule has 1 amide bonds. The molecule has 0 saturated carbocycles. The van der Waals surface area contributed by atoms with Crippen LogP contribution in [0.5, 0.6) is 11.8 Å². The van der Waals surface area contributed by atoms with E-state index in [2.05, 4.69) is 26.7 Å². The summed E-state index contributed by atoms with van der Waals surface area (Å²) >= 11 is 0. The van der Waals surface area contributed by atoms with E-state index < -0.39 is 0 Å². The maximum absolute atomic E-state index is 13.1. The molecule has 0 bridgehead atoms. The fraction of sp³-hybridized carbons (Fsp3) is 0.619. The minimum Gasteiger partial charge on any atom is -0.481 e. The summed E-state index contributed by atoms with van der Waals surface area (Å²) in [5.74, 6) is 2.93. The second-order valence-electron chi connectivity index (χ2n) is 7.99. The second kappa shape index (κ2) is 8.00. The van der Waals surface area contributed by atoms with E-state index in [1.807, 2.05) is 4.90 Å². The molecule has 0 unspecified atom stereocenters. The molecule has 156 valence electrons. The van der Waals surface area contributed by atoms with Crippen LogP contribution in [0.1, 0.15) is 54.6 Å². The van der Waals surface area contributed by atoms with Gasteiger partial charge >= 0.3 is 0 Å². The smallest absolute Gasteiger partial charge is 0.259 e. The Balaban J connectivity index is 1.43. The Morgan fingerprint density at radius 1 is 1.07 bits per heavy atom.